The van der Waals surface area contributed by atoms with Gasteiger partial charge in [0.2, 0.25) is 10.0 Å². The zero-order valence-corrected chi connectivity index (χ0v) is 13.3. The number of sulfonamides is 1. The van der Waals surface area contributed by atoms with Gasteiger partial charge < -0.3 is 9.73 Å². The monoisotopic (exact) mass is 314 g/mol. The Morgan fingerprint density at radius 1 is 1.40 bits per heavy atom. The molecule has 2 rings (SSSR count). The number of thiophene rings is 1. The Hall–Kier alpha value is -1.15. The number of furan rings is 1. The molecule has 110 valence electrons. The molecule has 0 bridgehead atoms. The van der Waals surface area contributed by atoms with Crippen LogP contribution in [0.25, 0.3) is 0 Å². The minimum Gasteiger partial charge on any atom is -0.469 e. The topological polar surface area (TPSA) is 62.6 Å². The van der Waals surface area contributed by atoms with Crippen LogP contribution in [0.1, 0.15) is 16.2 Å². The Morgan fingerprint density at radius 2 is 2.15 bits per heavy atom. The Kier molecular flexibility index (Phi) is 4.64. The van der Waals surface area contributed by atoms with Crippen molar-refractivity contribution in [2.75, 3.05) is 14.1 Å². The molecular weight excluding hydrogens is 296 g/mol. The summed E-state index contributed by atoms with van der Waals surface area (Å²) in [4.78, 5) is 1.20. The largest absolute Gasteiger partial charge is 0.469 e. The first-order valence-electron chi connectivity index (χ1n) is 6.17. The summed E-state index contributed by atoms with van der Waals surface area (Å²) in [5.41, 5.74) is 0.876. The summed E-state index contributed by atoms with van der Waals surface area (Å²) < 4.78 is 31.8. The van der Waals surface area contributed by atoms with Gasteiger partial charge in [-0.2, -0.15) is 4.31 Å². The zero-order valence-electron chi connectivity index (χ0n) is 11.7. The van der Waals surface area contributed by atoms with Gasteiger partial charge in [0.25, 0.3) is 0 Å². The van der Waals surface area contributed by atoms with Gasteiger partial charge in [0.1, 0.15) is 5.76 Å². The molecule has 20 heavy (non-hydrogen) atoms. The van der Waals surface area contributed by atoms with Crippen LogP contribution in [-0.2, 0) is 23.1 Å². The van der Waals surface area contributed by atoms with E-state index in [1.165, 1.54) is 15.6 Å². The molecule has 7 heteroatoms. The van der Waals surface area contributed by atoms with Gasteiger partial charge in [0.05, 0.1) is 11.2 Å². The lowest BCUT2D eigenvalue weighted by molar-refractivity contribution is 0.458. The van der Waals surface area contributed by atoms with E-state index in [4.69, 9.17) is 4.42 Å². The van der Waals surface area contributed by atoms with Gasteiger partial charge in [-0.05, 0) is 31.5 Å². The first kappa shape index (κ1) is 15.2. The second kappa shape index (κ2) is 6.09. The minimum absolute atomic E-state index is 0.305. The SMILES string of the molecule is CNCc1sccc1S(=O)(=O)N(C)Cc1ccoc1C. The van der Waals surface area contributed by atoms with Crippen molar-refractivity contribution in [2.24, 2.45) is 0 Å². The predicted molar refractivity (Wildman–Crippen MR) is 79.2 cm³/mol. The minimum atomic E-state index is -3.48. The van der Waals surface area contributed by atoms with Gasteiger partial charge in [-0.1, -0.05) is 0 Å². The molecule has 5 nitrogen and oxygen atoms in total. The number of nitrogens with zero attached hydrogens (tertiary/aromatic N) is 1. The summed E-state index contributed by atoms with van der Waals surface area (Å²) >= 11 is 1.44. The first-order chi connectivity index (χ1) is 9.46. The molecule has 0 fully saturated rings. The quantitative estimate of drug-likeness (QED) is 0.888. The number of rotatable bonds is 6. The van der Waals surface area contributed by atoms with Gasteiger partial charge in [-0.3, -0.25) is 0 Å². The maximum Gasteiger partial charge on any atom is 0.244 e. The molecule has 0 aliphatic heterocycles. The Bertz CT molecular complexity index is 673. The molecular formula is C13H18N2O3S2. The van der Waals surface area contributed by atoms with Crippen molar-refractivity contribution >= 4 is 21.4 Å². The normalized spacial score (nSPS) is 12.2. The summed E-state index contributed by atoms with van der Waals surface area (Å²) in [7, 11) is -0.0931. The molecule has 0 aliphatic rings. The number of hydrogen-bond acceptors (Lipinski definition) is 5. The molecule has 0 saturated carbocycles. The van der Waals surface area contributed by atoms with Crippen LogP contribution in [0.2, 0.25) is 0 Å². The lowest BCUT2D eigenvalue weighted by Gasteiger charge is -2.17. The fraction of sp³-hybridized carbons (Fsp3) is 0.385. The van der Waals surface area contributed by atoms with E-state index in [0.29, 0.717) is 18.0 Å². The van der Waals surface area contributed by atoms with Crippen LogP contribution in [0, 0.1) is 6.92 Å². The molecule has 0 aromatic carbocycles. The highest BCUT2D eigenvalue weighted by molar-refractivity contribution is 7.89. The predicted octanol–water partition coefficient (Wildman–Crippen LogP) is 2.19. The van der Waals surface area contributed by atoms with Gasteiger partial charge in [-0.25, -0.2) is 8.42 Å². The van der Waals surface area contributed by atoms with Gasteiger partial charge in [-0.15, -0.1) is 11.3 Å². The van der Waals surface area contributed by atoms with Crippen LogP contribution in [0.5, 0.6) is 0 Å². The second-order valence-electron chi connectivity index (χ2n) is 4.50. The van der Waals surface area contributed by atoms with Crippen molar-refractivity contribution in [1.29, 1.82) is 0 Å². The number of aryl methyl sites for hydroxylation is 1. The Balaban J connectivity index is 2.25. The third kappa shape index (κ3) is 2.95. The second-order valence-corrected chi connectivity index (χ2v) is 7.52. The average molecular weight is 314 g/mol. The van der Waals surface area contributed by atoms with Crippen molar-refractivity contribution in [1.82, 2.24) is 9.62 Å². The molecule has 0 atom stereocenters. The summed E-state index contributed by atoms with van der Waals surface area (Å²) in [6.45, 7) is 2.68. The Labute approximate surface area is 123 Å². The van der Waals surface area contributed by atoms with Crippen LogP contribution >= 0.6 is 11.3 Å². The maximum absolute atomic E-state index is 12.6. The molecule has 0 spiro atoms. The van der Waals surface area contributed by atoms with E-state index >= 15 is 0 Å². The van der Waals surface area contributed by atoms with Crippen molar-refractivity contribution < 1.29 is 12.8 Å². The van der Waals surface area contributed by atoms with E-state index in [0.717, 1.165) is 16.2 Å². The molecule has 0 aliphatic carbocycles. The lowest BCUT2D eigenvalue weighted by Crippen LogP contribution is -2.27. The van der Waals surface area contributed by atoms with E-state index in [1.54, 1.807) is 37.9 Å². The average Bonchev–Trinajstić information content (AvgIpc) is 3.00. The number of hydrogen-bond donors (Lipinski definition) is 1. The molecule has 0 radical (unpaired) electrons. The lowest BCUT2D eigenvalue weighted by atomic mass is 10.3. The highest BCUT2D eigenvalue weighted by atomic mass is 32.2. The van der Waals surface area contributed by atoms with Crippen LogP contribution in [0.4, 0.5) is 0 Å². The first-order valence-corrected chi connectivity index (χ1v) is 8.49. The fourth-order valence-corrected chi connectivity index (χ4v) is 4.49. The van der Waals surface area contributed by atoms with Crippen molar-refractivity contribution in [3.63, 3.8) is 0 Å². The van der Waals surface area contributed by atoms with Gasteiger partial charge in [0, 0.05) is 30.6 Å². The van der Waals surface area contributed by atoms with Crippen LogP contribution < -0.4 is 5.32 Å². The van der Waals surface area contributed by atoms with Crippen LogP contribution in [0.15, 0.2) is 33.1 Å². The summed E-state index contributed by atoms with van der Waals surface area (Å²) in [5.74, 6) is 0.743. The standard InChI is InChI=1S/C13H18N2O3S2/c1-10-11(4-6-18-10)9-15(3)20(16,17)13-5-7-19-12(13)8-14-2/h4-7,14H,8-9H2,1-3H3. The highest BCUT2D eigenvalue weighted by Gasteiger charge is 2.25. The van der Waals surface area contributed by atoms with E-state index < -0.39 is 10.0 Å². The molecule has 2 heterocycles. The zero-order chi connectivity index (χ0) is 14.8. The third-order valence-corrected chi connectivity index (χ3v) is 6.03. The summed E-state index contributed by atoms with van der Waals surface area (Å²) in [6, 6.07) is 3.45. The molecule has 0 unspecified atom stereocenters. The van der Waals surface area contributed by atoms with Gasteiger partial charge >= 0.3 is 0 Å². The molecule has 2 aromatic heterocycles. The van der Waals surface area contributed by atoms with E-state index in [9.17, 15) is 8.42 Å². The molecule has 1 N–H and O–H groups in total. The van der Waals surface area contributed by atoms with Gasteiger partial charge in [0.15, 0.2) is 0 Å². The molecule has 0 amide bonds. The van der Waals surface area contributed by atoms with Crippen LogP contribution in [-0.4, -0.2) is 26.8 Å². The summed E-state index contributed by atoms with van der Waals surface area (Å²) in [6.07, 6.45) is 1.57. The van der Waals surface area contributed by atoms with Crippen molar-refractivity contribution in [3.05, 3.63) is 40.0 Å². The van der Waals surface area contributed by atoms with E-state index in [-0.39, 0.29) is 0 Å². The molecule has 0 saturated heterocycles. The Morgan fingerprint density at radius 3 is 2.75 bits per heavy atom. The van der Waals surface area contributed by atoms with Crippen LogP contribution in [0.3, 0.4) is 0 Å². The summed E-state index contributed by atoms with van der Waals surface area (Å²) in [5, 5.41) is 4.79. The van der Waals surface area contributed by atoms with Crippen molar-refractivity contribution in [2.45, 2.75) is 24.9 Å². The number of nitrogens with one attached hydrogen (secondary N) is 1. The van der Waals surface area contributed by atoms with E-state index in [2.05, 4.69) is 5.32 Å². The maximum atomic E-state index is 12.6. The van der Waals surface area contributed by atoms with E-state index in [1.807, 2.05) is 6.92 Å². The third-order valence-electron chi connectivity index (χ3n) is 3.09. The fourth-order valence-electron chi connectivity index (χ4n) is 1.92. The smallest absolute Gasteiger partial charge is 0.244 e. The van der Waals surface area contributed by atoms with Crippen molar-refractivity contribution in [3.8, 4) is 0 Å². The molecule has 2 aromatic rings. The highest BCUT2D eigenvalue weighted by Crippen LogP contribution is 2.26.